The molecular weight excluding hydrogens is 234 g/mol. The van der Waals surface area contributed by atoms with Crippen LogP contribution in [-0.2, 0) is 9.59 Å². The average Bonchev–Trinajstić information content (AvgIpc) is 2.35. The van der Waals surface area contributed by atoms with Crippen LogP contribution in [0.2, 0.25) is 0 Å². The molecule has 1 amide bonds. The first-order valence-electron chi connectivity index (χ1n) is 6.49. The number of carboxylic acid groups (broad SMARTS) is 1. The third kappa shape index (κ3) is 5.46. The summed E-state index contributed by atoms with van der Waals surface area (Å²) < 4.78 is 0. The van der Waals surface area contributed by atoms with E-state index in [4.69, 9.17) is 16.6 Å². The number of nitrogens with two attached hydrogens (primary N) is 2. The lowest BCUT2D eigenvalue weighted by molar-refractivity contribution is -0.138. The van der Waals surface area contributed by atoms with Crippen LogP contribution in [0.1, 0.15) is 38.5 Å². The molecule has 104 valence electrons. The molecule has 0 radical (unpaired) electrons. The molecule has 0 aromatic rings. The van der Waals surface area contributed by atoms with E-state index in [-0.39, 0.29) is 18.7 Å². The fourth-order valence-corrected chi connectivity index (χ4v) is 2.15. The van der Waals surface area contributed by atoms with Crippen molar-refractivity contribution in [3.05, 3.63) is 0 Å². The number of carboxylic acids is 1. The predicted molar refractivity (Wildman–Crippen MR) is 67.8 cm³/mol. The molecule has 1 saturated carbocycles. The number of hydrogen-bond acceptors (Lipinski definition) is 4. The number of carbonyl (C=O) groups excluding carboxylic acids is 1. The van der Waals surface area contributed by atoms with Gasteiger partial charge in [-0.15, -0.1) is 0 Å². The predicted octanol–water partition coefficient (Wildman–Crippen LogP) is -0.188. The lowest BCUT2D eigenvalue weighted by Gasteiger charge is -2.26. The Morgan fingerprint density at radius 3 is 2.44 bits per heavy atom. The van der Waals surface area contributed by atoms with Gasteiger partial charge in [-0.1, -0.05) is 0 Å². The number of carbonyl (C=O) groups is 2. The van der Waals surface area contributed by atoms with Gasteiger partial charge in [0, 0.05) is 19.0 Å². The molecule has 0 saturated heterocycles. The summed E-state index contributed by atoms with van der Waals surface area (Å²) in [7, 11) is 0. The number of amides is 1. The van der Waals surface area contributed by atoms with Gasteiger partial charge in [-0.25, -0.2) is 0 Å². The molecule has 0 aromatic carbocycles. The van der Waals surface area contributed by atoms with Crippen LogP contribution in [0.4, 0.5) is 0 Å². The number of rotatable bonds is 6. The molecule has 0 heterocycles. The summed E-state index contributed by atoms with van der Waals surface area (Å²) in [6.07, 6.45) is 4.48. The van der Waals surface area contributed by atoms with Gasteiger partial charge in [-0.2, -0.15) is 0 Å². The third-order valence-corrected chi connectivity index (χ3v) is 3.48. The first-order chi connectivity index (χ1) is 8.49. The van der Waals surface area contributed by atoms with Crippen molar-refractivity contribution in [3.8, 4) is 0 Å². The van der Waals surface area contributed by atoms with Crippen LogP contribution in [-0.4, -0.2) is 35.6 Å². The van der Waals surface area contributed by atoms with Crippen molar-refractivity contribution < 1.29 is 14.7 Å². The lowest BCUT2D eigenvalue weighted by Crippen LogP contribution is -2.36. The normalized spacial score (nSPS) is 25.4. The molecule has 0 aliphatic heterocycles. The first-order valence-corrected chi connectivity index (χ1v) is 6.49. The Kier molecular flexibility index (Phi) is 6.07. The monoisotopic (exact) mass is 257 g/mol. The van der Waals surface area contributed by atoms with Gasteiger partial charge in [0.1, 0.15) is 6.04 Å². The van der Waals surface area contributed by atoms with E-state index in [0.29, 0.717) is 18.5 Å². The minimum absolute atomic E-state index is 0.124. The van der Waals surface area contributed by atoms with Gasteiger partial charge in [-0.3, -0.25) is 9.59 Å². The van der Waals surface area contributed by atoms with Crippen LogP contribution in [0.25, 0.3) is 0 Å². The maximum absolute atomic E-state index is 11.5. The maximum atomic E-state index is 11.5. The van der Waals surface area contributed by atoms with E-state index in [9.17, 15) is 9.59 Å². The van der Waals surface area contributed by atoms with Crippen LogP contribution >= 0.6 is 0 Å². The molecule has 0 bridgehead atoms. The van der Waals surface area contributed by atoms with E-state index in [1.807, 2.05) is 0 Å². The SMILES string of the molecule is NC1CCC(CNC(=O)CCC(N)C(=O)O)CC1. The van der Waals surface area contributed by atoms with Crippen LogP contribution in [0.3, 0.4) is 0 Å². The van der Waals surface area contributed by atoms with Crippen molar-refractivity contribution in [2.75, 3.05) is 6.54 Å². The molecule has 6 nitrogen and oxygen atoms in total. The molecule has 0 spiro atoms. The highest BCUT2D eigenvalue weighted by Crippen LogP contribution is 2.22. The van der Waals surface area contributed by atoms with E-state index >= 15 is 0 Å². The largest absolute Gasteiger partial charge is 0.480 e. The Labute approximate surface area is 107 Å². The Hall–Kier alpha value is -1.14. The van der Waals surface area contributed by atoms with Crippen molar-refractivity contribution in [2.45, 2.75) is 50.6 Å². The van der Waals surface area contributed by atoms with Gasteiger partial charge < -0.3 is 21.9 Å². The van der Waals surface area contributed by atoms with E-state index in [1.165, 1.54) is 0 Å². The molecule has 1 unspecified atom stereocenters. The van der Waals surface area contributed by atoms with Crippen molar-refractivity contribution in [1.29, 1.82) is 0 Å². The van der Waals surface area contributed by atoms with Crippen LogP contribution < -0.4 is 16.8 Å². The molecule has 6 heteroatoms. The van der Waals surface area contributed by atoms with Gasteiger partial charge >= 0.3 is 5.97 Å². The highest BCUT2D eigenvalue weighted by atomic mass is 16.4. The second-order valence-electron chi connectivity index (χ2n) is 5.07. The zero-order valence-corrected chi connectivity index (χ0v) is 10.6. The molecule has 1 aliphatic rings. The molecule has 18 heavy (non-hydrogen) atoms. The molecule has 0 aromatic heterocycles. The van der Waals surface area contributed by atoms with Crippen LogP contribution in [0.15, 0.2) is 0 Å². The first kappa shape index (κ1) is 14.9. The smallest absolute Gasteiger partial charge is 0.320 e. The zero-order valence-electron chi connectivity index (χ0n) is 10.6. The minimum atomic E-state index is -1.07. The Bertz CT molecular complexity index is 288. The van der Waals surface area contributed by atoms with E-state index in [0.717, 1.165) is 25.7 Å². The van der Waals surface area contributed by atoms with E-state index in [1.54, 1.807) is 0 Å². The standard InChI is InChI=1S/C12H23N3O3/c13-9-3-1-8(2-4-9)7-15-11(16)6-5-10(14)12(17)18/h8-10H,1-7,13-14H2,(H,15,16)(H,17,18). The lowest BCUT2D eigenvalue weighted by atomic mass is 9.86. The summed E-state index contributed by atoms with van der Waals surface area (Å²) in [5, 5.41) is 11.4. The maximum Gasteiger partial charge on any atom is 0.320 e. The Morgan fingerprint density at radius 1 is 1.28 bits per heavy atom. The fraction of sp³-hybridized carbons (Fsp3) is 0.833. The Balaban J connectivity index is 2.11. The highest BCUT2D eigenvalue weighted by molar-refractivity contribution is 5.78. The Morgan fingerprint density at radius 2 is 1.89 bits per heavy atom. The third-order valence-electron chi connectivity index (χ3n) is 3.48. The van der Waals surface area contributed by atoms with Gasteiger partial charge in [-0.05, 0) is 38.0 Å². The van der Waals surface area contributed by atoms with Gasteiger partial charge in [0.25, 0.3) is 0 Å². The van der Waals surface area contributed by atoms with E-state index < -0.39 is 12.0 Å². The quantitative estimate of drug-likeness (QED) is 0.526. The van der Waals surface area contributed by atoms with Crippen molar-refractivity contribution in [2.24, 2.45) is 17.4 Å². The topological polar surface area (TPSA) is 118 Å². The summed E-state index contributed by atoms with van der Waals surface area (Å²) >= 11 is 0. The molecular formula is C12H23N3O3. The summed E-state index contributed by atoms with van der Waals surface area (Å²) in [4.78, 5) is 22.0. The van der Waals surface area contributed by atoms with Crippen molar-refractivity contribution in [1.82, 2.24) is 5.32 Å². The highest BCUT2D eigenvalue weighted by Gasteiger charge is 2.19. The minimum Gasteiger partial charge on any atom is -0.480 e. The average molecular weight is 257 g/mol. The molecule has 1 aliphatic carbocycles. The van der Waals surface area contributed by atoms with Gasteiger partial charge in [0.2, 0.25) is 5.91 Å². The van der Waals surface area contributed by atoms with Gasteiger partial charge in [0.15, 0.2) is 0 Å². The second kappa shape index (κ2) is 7.33. The molecule has 1 rings (SSSR count). The molecule has 6 N–H and O–H groups in total. The number of hydrogen-bond donors (Lipinski definition) is 4. The summed E-state index contributed by atoms with van der Waals surface area (Å²) in [6, 6.07) is -0.644. The number of aliphatic carboxylic acids is 1. The van der Waals surface area contributed by atoms with Gasteiger partial charge in [0.05, 0.1) is 0 Å². The van der Waals surface area contributed by atoms with Crippen LogP contribution in [0, 0.1) is 5.92 Å². The van der Waals surface area contributed by atoms with E-state index in [2.05, 4.69) is 5.32 Å². The van der Waals surface area contributed by atoms with Crippen molar-refractivity contribution in [3.63, 3.8) is 0 Å². The van der Waals surface area contributed by atoms with Crippen molar-refractivity contribution >= 4 is 11.9 Å². The number of nitrogens with one attached hydrogen (secondary N) is 1. The summed E-state index contributed by atoms with van der Waals surface area (Å²) in [5.41, 5.74) is 11.1. The zero-order chi connectivity index (χ0) is 13.5. The molecule has 1 atom stereocenters. The molecule has 1 fully saturated rings. The second-order valence-corrected chi connectivity index (χ2v) is 5.07. The summed E-state index contributed by atoms with van der Waals surface area (Å²) in [6.45, 7) is 0.661. The fourth-order valence-electron chi connectivity index (χ4n) is 2.15. The summed E-state index contributed by atoms with van der Waals surface area (Å²) in [5.74, 6) is -0.687. The van der Waals surface area contributed by atoms with Crippen LogP contribution in [0.5, 0.6) is 0 Å².